The minimum Gasteiger partial charge on any atom is -0.497 e. The van der Waals surface area contributed by atoms with Crippen LogP contribution in [0, 0.1) is 17.8 Å². The second kappa shape index (κ2) is 9.40. The fourth-order valence-corrected chi connectivity index (χ4v) is 5.14. The summed E-state index contributed by atoms with van der Waals surface area (Å²) in [6.07, 6.45) is 15.5. The van der Waals surface area contributed by atoms with Crippen LogP contribution in [0.15, 0.2) is 36.7 Å². The molecule has 0 atom stereocenters. The average Bonchev–Trinajstić information content (AvgIpc) is 2.69. The zero-order valence-electron chi connectivity index (χ0n) is 15.6. The van der Waals surface area contributed by atoms with Crippen LogP contribution < -0.4 is 4.74 Å². The van der Waals surface area contributed by atoms with Gasteiger partial charge in [0.15, 0.2) is 0 Å². The van der Waals surface area contributed by atoms with Gasteiger partial charge in [-0.3, -0.25) is 0 Å². The second-order valence-corrected chi connectivity index (χ2v) is 8.10. The SMILES string of the molecule is COc1ccc([C@H]2CC[C@H]([C@H]3CC[C@H](CC/C=C/F)CC3)CC2)cc1. The number of methoxy groups -OCH3 is 1. The van der Waals surface area contributed by atoms with Gasteiger partial charge >= 0.3 is 0 Å². The number of hydrogen-bond acceptors (Lipinski definition) is 1. The lowest BCUT2D eigenvalue weighted by molar-refractivity contribution is 0.157. The summed E-state index contributed by atoms with van der Waals surface area (Å²) < 4.78 is 17.3. The predicted octanol–water partition coefficient (Wildman–Crippen LogP) is 7.04. The molecule has 2 saturated carbocycles. The maximum atomic E-state index is 12.1. The van der Waals surface area contributed by atoms with Crippen molar-refractivity contribution in [2.24, 2.45) is 17.8 Å². The number of allylic oxidation sites excluding steroid dienone is 1. The van der Waals surface area contributed by atoms with E-state index in [1.54, 1.807) is 13.2 Å². The topological polar surface area (TPSA) is 9.23 Å². The molecule has 0 aliphatic heterocycles. The van der Waals surface area contributed by atoms with Gasteiger partial charge in [0, 0.05) is 0 Å². The van der Waals surface area contributed by atoms with Crippen LogP contribution in [0.2, 0.25) is 0 Å². The molecule has 1 nitrogen and oxygen atoms in total. The number of halogens is 1. The molecule has 0 saturated heterocycles. The van der Waals surface area contributed by atoms with Gasteiger partial charge in [-0.1, -0.05) is 31.1 Å². The van der Waals surface area contributed by atoms with E-state index in [4.69, 9.17) is 4.74 Å². The summed E-state index contributed by atoms with van der Waals surface area (Å²) in [5, 5.41) is 0. The van der Waals surface area contributed by atoms with Crippen LogP contribution in [0.3, 0.4) is 0 Å². The van der Waals surface area contributed by atoms with Crippen molar-refractivity contribution < 1.29 is 9.13 Å². The highest BCUT2D eigenvalue weighted by molar-refractivity contribution is 5.29. The number of ether oxygens (including phenoxy) is 1. The molecule has 0 N–H and O–H groups in total. The van der Waals surface area contributed by atoms with E-state index in [0.717, 1.165) is 35.8 Å². The largest absolute Gasteiger partial charge is 0.497 e. The standard InChI is InChI=1S/C23H33FO/c1-25-23-15-13-22(14-16-23)21-11-9-20(10-12-21)19-7-5-18(6-8-19)4-2-3-17-24/h3,13-21H,2,4-12H2,1H3/b17-3+/t18-,19-,20-,21-. The molecule has 1 aromatic carbocycles. The fraction of sp³-hybridized carbons (Fsp3) is 0.652. The molecule has 0 aromatic heterocycles. The molecule has 1 aromatic rings. The first-order valence-electron chi connectivity index (χ1n) is 10.2. The second-order valence-electron chi connectivity index (χ2n) is 8.10. The van der Waals surface area contributed by atoms with Crippen LogP contribution in [0.1, 0.15) is 75.7 Å². The van der Waals surface area contributed by atoms with Crippen LogP contribution in [0.25, 0.3) is 0 Å². The van der Waals surface area contributed by atoms with Crippen LogP contribution in [-0.4, -0.2) is 7.11 Å². The minimum absolute atomic E-state index is 0.701. The van der Waals surface area contributed by atoms with E-state index < -0.39 is 0 Å². The molecule has 2 aliphatic rings. The van der Waals surface area contributed by atoms with Crippen molar-refractivity contribution in [2.75, 3.05) is 7.11 Å². The summed E-state index contributed by atoms with van der Waals surface area (Å²) in [4.78, 5) is 0. The van der Waals surface area contributed by atoms with E-state index in [-0.39, 0.29) is 0 Å². The molecular weight excluding hydrogens is 311 g/mol. The Morgan fingerprint density at radius 2 is 1.52 bits per heavy atom. The van der Waals surface area contributed by atoms with E-state index >= 15 is 0 Å². The molecule has 2 aliphatic carbocycles. The van der Waals surface area contributed by atoms with Gasteiger partial charge in [-0.15, -0.1) is 0 Å². The predicted molar refractivity (Wildman–Crippen MR) is 103 cm³/mol. The minimum atomic E-state index is 0.701. The molecule has 3 rings (SSSR count). The molecule has 0 unspecified atom stereocenters. The molecule has 0 heterocycles. The highest BCUT2D eigenvalue weighted by Crippen LogP contribution is 2.44. The maximum absolute atomic E-state index is 12.1. The van der Waals surface area contributed by atoms with Gasteiger partial charge in [-0.05, 0) is 92.7 Å². The first kappa shape index (κ1) is 18.5. The number of hydrogen-bond donors (Lipinski definition) is 0. The summed E-state index contributed by atoms with van der Waals surface area (Å²) in [5.74, 6) is 4.43. The van der Waals surface area contributed by atoms with E-state index in [9.17, 15) is 4.39 Å². The van der Waals surface area contributed by atoms with Crippen LogP contribution in [-0.2, 0) is 0 Å². The van der Waals surface area contributed by atoms with Gasteiger partial charge in [-0.25, -0.2) is 4.39 Å². The Hall–Kier alpha value is -1.31. The van der Waals surface area contributed by atoms with Gasteiger partial charge < -0.3 is 4.74 Å². The molecule has 0 radical (unpaired) electrons. The Morgan fingerprint density at radius 3 is 2.08 bits per heavy atom. The smallest absolute Gasteiger partial charge is 0.118 e. The summed E-state index contributed by atoms with van der Waals surface area (Å²) >= 11 is 0. The zero-order valence-corrected chi connectivity index (χ0v) is 15.6. The van der Waals surface area contributed by atoms with Gasteiger partial charge in [0.1, 0.15) is 5.75 Å². The number of benzene rings is 1. The Labute approximate surface area is 152 Å². The Bertz CT molecular complexity index is 520. The first-order valence-corrected chi connectivity index (χ1v) is 10.2. The summed E-state index contributed by atoms with van der Waals surface area (Å²) in [7, 11) is 1.73. The van der Waals surface area contributed by atoms with Crippen molar-refractivity contribution in [3.63, 3.8) is 0 Å². The summed E-state index contributed by atoms with van der Waals surface area (Å²) in [5.41, 5.74) is 1.49. The monoisotopic (exact) mass is 344 g/mol. The lowest BCUT2D eigenvalue weighted by Crippen LogP contribution is -2.25. The zero-order chi connectivity index (χ0) is 17.5. The van der Waals surface area contributed by atoms with Crippen molar-refractivity contribution >= 4 is 0 Å². The highest BCUT2D eigenvalue weighted by atomic mass is 19.1. The molecule has 138 valence electrons. The molecule has 2 heteroatoms. The third-order valence-corrected chi connectivity index (χ3v) is 6.75. The third kappa shape index (κ3) is 5.09. The van der Waals surface area contributed by atoms with Crippen LogP contribution >= 0.6 is 0 Å². The van der Waals surface area contributed by atoms with Crippen molar-refractivity contribution in [1.82, 2.24) is 0 Å². The van der Waals surface area contributed by atoms with Crippen molar-refractivity contribution in [2.45, 2.75) is 70.1 Å². The third-order valence-electron chi connectivity index (χ3n) is 6.75. The van der Waals surface area contributed by atoms with E-state index in [1.165, 1.54) is 63.4 Å². The fourth-order valence-electron chi connectivity index (χ4n) is 5.14. The summed E-state index contributed by atoms with van der Waals surface area (Å²) in [6, 6.07) is 8.70. The maximum Gasteiger partial charge on any atom is 0.118 e. The Kier molecular flexibility index (Phi) is 6.95. The van der Waals surface area contributed by atoms with Gasteiger partial charge in [-0.2, -0.15) is 0 Å². The molecule has 2 fully saturated rings. The Balaban J connectivity index is 1.42. The first-order chi connectivity index (χ1) is 12.3. The number of rotatable bonds is 6. The summed E-state index contributed by atoms with van der Waals surface area (Å²) in [6.45, 7) is 0. The molecular formula is C23H33FO. The highest BCUT2D eigenvalue weighted by Gasteiger charge is 2.31. The van der Waals surface area contributed by atoms with Crippen molar-refractivity contribution in [1.29, 1.82) is 0 Å². The Morgan fingerprint density at radius 1 is 0.920 bits per heavy atom. The van der Waals surface area contributed by atoms with Crippen LogP contribution in [0.4, 0.5) is 4.39 Å². The van der Waals surface area contributed by atoms with Gasteiger partial charge in [0.05, 0.1) is 13.4 Å². The average molecular weight is 345 g/mol. The quantitative estimate of drug-likeness (QED) is 0.538. The lowest BCUT2D eigenvalue weighted by atomic mass is 9.68. The van der Waals surface area contributed by atoms with Gasteiger partial charge in [0.2, 0.25) is 0 Å². The van der Waals surface area contributed by atoms with E-state index in [2.05, 4.69) is 24.3 Å². The molecule has 0 amide bonds. The normalized spacial score (nSPS) is 30.5. The lowest BCUT2D eigenvalue weighted by Gasteiger charge is -2.38. The van der Waals surface area contributed by atoms with Gasteiger partial charge in [0.25, 0.3) is 0 Å². The van der Waals surface area contributed by atoms with E-state index in [1.807, 2.05) is 0 Å². The molecule has 25 heavy (non-hydrogen) atoms. The van der Waals surface area contributed by atoms with Crippen molar-refractivity contribution in [3.8, 4) is 5.75 Å². The van der Waals surface area contributed by atoms with E-state index in [0.29, 0.717) is 6.33 Å². The van der Waals surface area contributed by atoms with Crippen LogP contribution in [0.5, 0.6) is 5.75 Å². The molecule has 0 spiro atoms. The molecule has 0 bridgehead atoms. The van der Waals surface area contributed by atoms with Crippen molar-refractivity contribution in [3.05, 3.63) is 42.2 Å².